The van der Waals surface area contributed by atoms with Crippen LogP contribution in [0.5, 0.6) is 11.5 Å². The Bertz CT molecular complexity index is 931. The summed E-state index contributed by atoms with van der Waals surface area (Å²) in [5.74, 6) is -0.905. The molecule has 0 saturated heterocycles. The van der Waals surface area contributed by atoms with E-state index in [1.165, 1.54) is 24.3 Å². The van der Waals surface area contributed by atoms with E-state index >= 15 is 0 Å². The minimum atomic E-state index is -0.774. The topological polar surface area (TPSA) is 103 Å². The Morgan fingerprint density at radius 1 is 0.903 bits per heavy atom. The predicted molar refractivity (Wildman–Crippen MR) is 117 cm³/mol. The molecule has 0 heterocycles. The third kappa shape index (κ3) is 7.99. The molecule has 166 valence electrons. The number of hydrogen-bond acceptors (Lipinski definition) is 6. The van der Waals surface area contributed by atoms with Gasteiger partial charge in [-0.3, -0.25) is 14.4 Å². The quantitative estimate of drug-likeness (QED) is 0.515. The molecule has 8 nitrogen and oxygen atoms in total. The monoisotopic (exact) mass is 468 g/mol. The van der Waals surface area contributed by atoms with Crippen molar-refractivity contribution in [1.29, 1.82) is 0 Å². The van der Waals surface area contributed by atoms with Gasteiger partial charge in [-0.25, -0.2) is 0 Å². The predicted octanol–water partition coefficient (Wildman–Crippen LogP) is 3.70. The standard InChI is InChI=1S/C21H22Cl2N2O6/c1-3-29-17-6-5-13(7-18(17)30-4-2)21(28)24-11-20(27)31-12-19(26)25-16-9-14(22)8-15(23)10-16/h5-10H,3-4,11-12H2,1-2H3,(H,24,28)(H,25,26). The molecular weight excluding hydrogens is 447 g/mol. The number of hydrogen-bond donors (Lipinski definition) is 2. The van der Waals surface area contributed by atoms with Gasteiger partial charge < -0.3 is 24.8 Å². The Labute approximate surface area is 189 Å². The van der Waals surface area contributed by atoms with E-state index in [0.717, 1.165) is 0 Å². The van der Waals surface area contributed by atoms with Crippen molar-refractivity contribution < 1.29 is 28.6 Å². The summed E-state index contributed by atoms with van der Waals surface area (Å²) in [4.78, 5) is 36.0. The van der Waals surface area contributed by atoms with Gasteiger partial charge >= 0.3 is 5.97 Å². The molecule has 0 aliphatic rings. The number of benzene rings is 2. The lowest BCUT2D eigenvalue weighted by Crippen LogP contribution is -2.32. The number of anilines is 1. The van der Waals surface area contributed by atoms with E-state index in [-0.39, 0.29) is 5.56 Å². The first-order valence-electron chi connectivity index (χ1n) is 9.41. The molecule has 0 radical (unpaired) electrons. The molecule has 0 saturated carbocycles. The second-order valence-corrected chi connectivity index (χ2v) is 6.95. The Hall–Kier alpha value is -2.97. The van der Waals surface area contributed by atoms with E-state index in [0.29, 0.717) is 40.4 Å². The van der Waals surface area contributed by atoms with Crippen LogP contribution >= 0.6 is 23.2 Å². The largest absolute Gasteiger partial charge is 0.490 e. The Morgan fingerprint density at radius 2 is 1.55 bits per heavy atom. The lowest BCUT2D eigenvalue weighted by molar-refractivity contribution is -0.146. The molecule has 0 bridgehead atoms. The number of rotatable bonds is 10. The summed E-state index contributed by atoms with van der Waals surface area (Å²) < 4.78 is 15.8. The van der Waals surface area contributed by atoms with E-state index in [1.54, 1.807) is 12.1 Å². The molecule has 31 heavy (non-hydrogen) atoms. The number of nitrogens with one attached hydrogen (secondary N) is 2. The fourth-order valence-corrected chi connectivity index (χ4v) is 2.99. The first kappa shape index (κ1) is 24.3. The van der Waals surface area contributed by atoms with Crippen LogP contribution in [-0.4, -0.2) is 44.1 Å². The van der Waals surface area contributed by atoms with Gasteiger partial charge in [0, 0.05) is 21.3 Å². The van der Waals surface area contributed by atoms with Crippen molar-refractivity contribution in [3.05, 3.63) is 52.0 Å². The molecule has 10 heteroatoms. The van der Waals surface area contributed by atoms with Crippen LogP contribution in [0.4, 0.5) is 5.69 Å². The zero-order valence-corrected chi connectivity index (χ0v) is 18.5. The third-order valence-electron chi connectivity index (χ3n) is 3.71. The highest BCUT2D eigenvalue weighted by atomic mass is 35.5. The number of amides is 2. The van der Waals surface area contributed by atoms with Crippen LogP contribution in [0.25, 0.3) is 0 Å². The smallest absolute Gasteiger partial charge is 0.325 e. The number of halogens is 2. The highest BCUT2D eigenvalue weighted by Crippen LogP contribution is 2.28. The Morgan fingerprint density at radius 3 is 2.19 bits per heavy atom. The first-order valence-corrected chi connectivity index (χ1v) is 10.2. The molecule has 2 rings (SSSR count). The van der Waals surface area contributed by atoms with Crippen LogP contribution in [0.1, 0.15) is 24.2 Å². The molecular formula is C21H22Cl2N2O6. The van der Waals surface area contributed by atoms with Gasteiger partial charge in [-0.05, 0) is 50.2 Å². The van der Waals surface area contributed by atoms with Gasteiger partial charge in [-0.2, -0.15) is 0 Å². The van der Waals surface area contributed by atoms with Gasteiger partial charge in [-0.1, -0.05) is 23.2 Å². The highest BCUT2D eigenvalue weighted by molar-refractivity contribution is 6.35. The fraction of sp³-hybridized carbons (Fsp3) is 0.286. The molecule has 2 N–H and O–H groups in total. The van der Waals surface area contributed by atoms with E-state index in [9.17, 15) is 14.4 Å². The normalized spacial score (nSPS) is 10.2. The van der Waals surface area contributed by atoms with Crippen molar-refractivity contribution in [1.82, 2.24) is 5.32 Å². The summed E-state index contributed by atoms with van der Waals surface area (Å²) in [6.07, 6.45) is 0. The molecule has 0 fully saturated rings. The van der Waals surface area contributed by atoms with Gasteiger partial charge in [0.2, 0.25) is 0 Å². The molecule has 0 unspecified atom stereocenters. The fourth-order valence-electron chi connectivity index (χ4n) is 2.47. The summed E-state index contributed by atoms with van der Waals surface area (Å²) in [7, 11) is 0. The van der Waals surface area contributed by atoms with Gasteiger partial charge in [0.1, 0.15) is 6.54 Å². The molecule has 0 atom stereocenters. The molecule has 2 aromatic rings. The minimum absolute atomic E-state index is 0.287. The summed E-state index contributed by atoms with van der Waals surface area (Å²) >= 11 is 11.7. The summed E-state index contributed by atoms with van der Waals surface area (Å²) in [6, 6.07) is 9.22. The van der Waals surface area contributed by atoms with E-state index in [2.05, 4.69) is 10.6 Å². The molecule has 2 aromatic carbocycles. The van der Waals surface area contributed by atoms with Crippen molar-refractivity contribution in [3.8, 4) is 11.5 Å². The summed E-state index contributed by atoms with van der Waals surface area (Å²) in [5.41, 5.74) is 0.655. The van der Waals surface area contributed by atoms with Crippen LogP contribution in [0.2, 0.25) is 10.0 Å². The third-order valence-corrected chi connectivity index (χ3v) is 4.15. The average Bonchev–Trinajstić information content (AvgIpc) is 2.71. The second kappa shape index (κ2) is 12.0. The number of esters is 1. The van der Waals surface area contributed by atoms with Crippen molar-refractivity contribution in [3.63, 3.8) is 0 Å². The maximum absolute atomic E-state index is 12.3. The van der Waals surface area contributed by atoms with Gasteiger partial charge in [0.05, 0.1) is 13.2 Å². The maximum atomic E-state index is 12.3. The van der Waals surface area contributed by atoms with E-state index in [4.69, 9.17) is 37.4 Å². The minimum Gasteiger partial charge on any atom is -0.490 e. The van der Waals surface area contributed by atoms with E-state index < -0.39 is 30.9 Å². The zero-order valence-electron chi connectivity index (χ0n) is 17.0. The molecule has 0 aliphatic carbocycles. The SMILES string of the molecule is CCOc1ccc(C(=O)NCC(=O)OCC(=O)Nc2cc(Cl)cc(Cl)c2)cc1OCC. The summed E-state index contributed by atoms with van der Waals surface area (Å²) in [6.45, 7) is 3.57. The second-order valence-electron chi connectivity index (χ2n) is 6.08. The Balaban J connectivity index is 1.83. The molecule has 0 spiro atoms. The number of ether oxygens (including phenoxy) is 3. The van der Waals surface area contributed by atoms with Crippen LogP contribution in [0, 0.1) is 0 Å². The van der Waals surface area contributed by atoms with Crippen LogP contribution in [0.15, 0.2) is 36.4 Å². The number of carbonyl (C=O) groups is 3. The van der Waals surface area contributed by atoms with Crippen molar-refractivity contribution in [2.75, 3.05) is 31.7 Å². The lowest BCUT2D eigenvalue weighted by Gasteiger charge is -2.12. The van der Waals surface area contributed by atoms with Crippen LogP contribution in [-0.2, 0) is 14.3 Å². The van der Waals surface area contributed by atoms with Crippen molar-refractivity contribution >= 4 is 46.7 Å². The Kier molecular flexibility index (Phi) is 9.42. The van der Waals surface area contributed by atoms with E-state index in [1.807, 2.05) is 13.8 Å². The molecule has 0 aromatic heterocycles. The number of carbonyl (C=O) groups excluding carboxylic acids is 3. The highest BCUT2D eigenvalue weighted by Gasteiger charge is 2.14. The average molecular weight is 469 g/mol. The maximum Gasteiger partial charge on any atom is 0.325 e. The molecule has 2 amide bonds. The van der Waals surface area contributed by atoms with Crippen LogP contribution < -0.4 is 20.1 Å². The summed E-state index contributed by atoms with van der Waals surface area (Å²) in [5, 5.41) is 5.64. The lowest BCUT2D eigenvalue weighted by atomic mass is 10.2. The van der Waals surface area contributed by atoms with Crippen molar-refractivity contribution in [2.24, 2.45) is 0 Å². The van der Waals surface area contributed by atoms with Gasteiger partial charge in [0.25, 0.3) is 11.8 Å². The van der Waals surface area contributed by atoms with Gasteiger partial charge in [0.15, 0.2) is 18.1 Å². The first-order chi connectivity index (χ1) is 14.8. The zero-order chi connectivity index (χ0) is 22.8. The van der Waals surface area contributed by atoms with Crippen molar-refractivity contribution in [2.45, 2.75) is 13.8 Å². The van der Waals surface area contributed by atoms with Crippen LogP contribution in [0.3, 0.4) is 0 Å². The molecule has 0 aliphatic heterocycles. The van der Waals surface area contributed by atoms with Gasteiger partial charge in [-0.15, -0.1) is 0 Å².